The highest BCUT2D eigenvalue weighted by Crippen LogP contribution is 2.10. The molecular weight excluding hydrogens is 184 g/mol. The second-order valence-electron chi connectivity index (χ2n) is 2.00. The molecule has 0 aromatic carbocycles. The van der Waals surface area contributed by atoms with Crippen molar-refractivity contribution in [1.82, 2.24) is 0 Å². The number of rotatable bonds is 3. The maximum Gasteiger partial charge on any atom is 0.339 e. The average molecular weight is 193 g/mol. The zero-order chi connectivity index (χ0) is 8.27. The second-order valence-corrected chi connectivity index (χ2v) is 2.00. The van der Waals surface area contributed by atoms with Gasteiger partial charge in [0, 0.05) is 7.11 Å². The summed E-state index contributed by atoms with van der Waals surface area (Å²) in [5.74, 6) is -0.647. The van der Waals surface area contributed by atoms with Crippen molar-refractivity contribution in [3.63, 3.8) is 0 Å². The molecule has 4 nitrogen and oxygen atoms in total. The fourth-order valence-corrected chi connectivity index (χ4v) is 0.774. The van der Waals surface area contributed by atoms with Crippen LogP contribution in [0.5, 0.6) is 0 Å². The van der Waals surface area contributed by atoms with E-state index in [-0.39, 0.29) is 24.6 Å². The van der Waals surface area contributed by atoms with Gasteiger partial charge >= 0.3 is 5.97 Å². The van der Waals surface area contributed by atoms with Crippen molar-refractivity contribution >= 4 is 18.4 Å². The van der Waals surface area contributed by atoms with E-state index in [0.29, 0.717) is 5.76 Å². The molecule has 5 heteroatoms. The lowest BCUT2D eigenvalue weighted by molar-refractivity contribution is 0.0688. The molecule has 68 valence electrons. The lowest BCUT2D eigenvalue weighted by Crippen LogP contribution is -1.99. The first-order valence-corrected chi connectivity index (χ1v) is 3.04. The summed E-state index contributed by atoms with van der Waals surface area (Å²) in [5, 5.41) is 8.57. The highest BCUT2D eigenvalue weighted by molar-refractivity contribution is 5.88. The van der Waals surface area contributed by atoms with E-state index in [9.17, 15) is 4.79 Å². The summed E-state index contributed by atoms with van der Waals surface area (Å²) in [4.78, 5) is 10.4. The van der Waals surface area contributed by atoms with E-state index >= 15 is 0 Å². The molecule has 1 rings (SSSR count). The maximum atomic E-state index is 10.4. The third-order valence-electron chi connectivity index (χ3n) is 1.25. The number of halogens is 1. The first kappa shape index (κ1) is 11.0. The number of hydrogen-bond donors (Lipinski definition) is 1. The maximum absolute atomic E-state index is 10.4. The van der Waals surface area contributed by atoms with Gasteiger partial charge in [0.25, 0.3) is 0 Å². The Kier molecular flexibility index (Phi) is 4.39. The first-order chi connectivity index (χ1) is 5.25. The van der Waals surface area contributed by atoms with Crippen LogP contribution in [0.25, 0.3) is 0 Å². The Bertz CT molecular complexity index is 256. The van der Waals surface area contributed by atoms with Crippen molar-refractivity contribution in [2.24, 2.45) is 0 Å². The molecule has 1 aromatic heterocycles. The van der Waals surface area contributed by atoms with E-state index in [4.69, 9.17) is 14.3 Å². The molecule has 0 amide bonds. The smallest absolute Gasteiger partial charge is 0.339 e. The Hall–Kier alpha value is -1.00. The van der Waals surface area contributed by atoms with Gasteiger partial charge in [0.1, 0.15) is 17.9 Å². The van der Waals surface area contributed by atoms with Crippen molar-refractivity contribution in [3.8, 4) is 0 Å². The van der Waals surface area contributed by atoms with Gasteiger partial charge in [-0.3, -0.25) is 0 Å². The van der Waals surface area contributed by atoms with Crippen LogP contribution < -0.4 is 0 Å². The van der Waals surface area contributed by atoms with Gasteiger partial charge in [0.2, 0.25) is 0 Å². The predicted molar refractivity (Wildman–Crippen MR) is 43.6 cm³/mol. The lowest BCUT2D eigenvalue weighted by Gasteiger charge is -1.94. The van der Waals surface area contributed by atoms with Crippen LogP contribution in [0.3, 0.4) is 0 Å². The first-order valence-electron chi connectivity index (χ1n) is 3.04. The van der Waals surface area contributed by atoms with Gasteiger partial charge in [0.15, 0.2) is 0 Å². The standard InChI is InChI=1S/C7H8O4.ClH/c1-10-4-6-5(7(8)9)2-3-11-6;/h2-3H,4H2,1H3,(H,8,9);1H. The van der Waals surface area contributed by atoms with Crippen molar-refractivity contribution in [2.75, 3.05) is 7.11 Å². The molecule has 0 spiro atoms. The predicted octanol–water partition coefficient (Wildman–Crippen LogP) is 1.55. The van der Waals surface area contributed by atoms with Crippen LogP contribution in [-0.2, 0) is 11.3 Å². The third-order valence-corrected chi connectivity index (χ3v) is 1.25. The van der Waals surface area contributed by atoms with E-state index in [2.05, 4.69) is 0 Å². The molecule has 0 aliphatic carbocycles. The third kappa shape index (κ3) is 2.25. The zero-order valence-corrected chi connectivity index (χ0v) is 7.26. The number of furan rings is 1. The number of carbonyl (C=O) groups is 1. The normalized spacial score (nSPS) is 9.08. The molecule has 0 aliphatic heterocycles. The summed E-state index contributed by atoms with van der Waals surface area (Å²) < 4.78 is 9.58. The molecule has 1 aromatic rings. The number of carboxylic acid groups (broad SMARTS) is 1. The quantitative estimate of drug-likeness (QED) is 0.790. The zero-order valence-electron chi connectivity index (χ0n) is 6.44. The summed E-state index contributed by atoms with van der Waals surface area (Å²) in [6, 6.07) is 1.40. The van der Waals surface area contributed by atoms with Gasteiger partial charge in [-0.1, -0.05) is 0 Å². The van der Waals surface area contributed by atoms with Gasteiger partial charge in [-0.2, -0.15) is 0 Å². The fraction of sp³-hybridized carbons (Fsp3) is 0.286. The van der Waals surface area contributed by atoms with Crippen molar-refractivity contribution in [2.45, 2.75) is 6.61 Å². The molecule has 0 radical (unpaired) electrons. The van der Waals surface area contributed by atoms with E-state index < -0.39 is 5.97 Å². The van der Waals surface area contributed by atoms with Crippen LogP contribution in [-0.4, -0.2) is 18.2 Å². The average Bonchev–Trinajstić information content (AvgIpc) is 2.36. The van der Waals surface area contributed by atoms with Gasteiger partial charge in [-0.05, 0) is 6.07 Å². The SMILES string of the molecule is COCc1occc1C(=O)O.Cl. The molecule has 0 atom stereocenters. The highest BCUT2D eigenvalue weighted by atomic mass is 35.5. The van der Waals surface area contributed by atoms with Crippen LogP contribution in [0.2, 0.25) is 0 Å². The molecule has 0 saturated carbocycles. The van der Waals surface area contributed by atoms with Gasteiger partial charge in [0.05, 0.1) is 6.26 Å². The number of methoxy groups -OCH3 is 1. The Morgan fingerprint density at radius 1 is 1.75 bits per heavy atom. The number of hydrogen-bond acceptors (Lipinski definition) is 3. The van der Waals surface area contributed by atoms with Crippen LogP contribution >= 0.6 is 12.4 Å². The van der Waals surface area contributed by atoms with Crippen LogP contribution in [0, 0.1) is 0 Å². The van der Waals surface area contributed by atoms with Gasteiger partial charge in [-0.25, -0.2) is 4.79 Å². The largest absolute Gasteiger partial charge is 0.478 e. The summed E-state index contributed by atoms with van der Waals surface area (Å²) in [6.07, 6.45) is 1.33. The van der Waals surface area contributed by atoms with Crippen LogP contribution in [0.1, 0.15) is 16.1 Å². The molecule has 0 fully saturated rings. The Labute approximate surface area is 75.5 Å². The van der Waals surface area contributed by atoms with Gasteiger partial charge in [-0.15, -0.1) is 12.4 Å². The fourth-order valence-electron chi connectivity index (χ4n) is 0.774. The molecular formula is C7H9ClO4. The second kappa shape index (κ2) is 4.79. The topological polar surface area (TPSA) is 59.7 Å². The summed E-state index contributed by atoms with van der Waals surface area (Å²) >= 11 is 0. The molecule has 1 N–H and O–H groups in total. The number of carboxylic acids is 1. The Balaban J connectivity index is 0.00000121. The highest BCUT2D eigenvalue weighted by Gasteiger charge is 2.11. The molecule has 12 heavy (non-hydrogen) atoms. The number of aromatic carboxylic acids is 1. The van der Waals surface area contributed by atoms with Gasteiger partial charge < -0.3 is 14.3 Å². The summed E-state index contributed by atoms with van der Waals surface area (Å²) in [5.41, 5.74) is 0.159. The van der Waals surface area contributed by atoms with Crippen molar-refractivity contribution in [3.05, 3.63) is 23.7 Å². The lowest BCUT2D eigenvalue weighted by atomic mass is 10.2. The van der Waals surface area contributed by atoms with E-state index in [1.54, 1.807) is 0 Å². The minimum absolute atomic E-state index is 0. The molecule has 0 saturated heterocycles. The van der Waals surface area contributed by atoms with Crippen LogP contribution in [0.15, 0.2) is 16.7 Å². The van der Waals surface area contributed by atoms with E-state index in [1.807, 2.05) is 0 Å². The Morgan fingerprint density at radius 3 is 2.92 bits per heavy atom. The molecule has 0 unspecified atom stereocenters. The summed E-state index contributed by atoms with van der Waals surface area (Å²) in [7, 11) is 1.48. The Morgan fingerprint density at radius 2 is 2.42 bits per heavy atom. The molecule has 0 bridgehead atoms. The van der Waals surface area contributed by atoms with E-state index in [0.717, 1.165) is 0 Å². The number of ether oxygens (including phenoxy) is 1. The molecule has 1 heterocycles. The summed E-state index contributed by atoms with van der Waals surface area (Å²) in [6.45, 7) is 0.189. The van der Waals surface area contributed by atoms with Crippen molar-refractivity contribution < 1.29 is 19.1 Å². The molecule has 0 aliphatic rings. The minimum atomic E-state index is -0.995. The van der Waals surface area contributed by atoms with E-state index in [1.165, 1.54) is 19.4 Å². The van der Waals surface area contributed by atoms with Crippen molar-refractivity contribution in [1.29, 1.82) is 0 Å². The van der Waals surface area contributed by atoms with Crippen LogP contribution in [0.4, 0.5) is 0 Å². The minimum Gasteiger partial charge on any atom is -0.478 e. The monoisotopic (exact) mass is 192 g/mol.